The lowest BCUT2D eigenvalue weighted by Gasteiger charge is -2.04. The SMILES string of the molecule is Nc1ncnc2c1ncn2CCCSc1ncnc2sc(-c3ccccc3)cc12. The zero-order valence-corrected chi connectivity index (χ0v) is 17.0. The fourth-order valence-electron chi connectivity index (χ4n) is 3.16. The number of fused-ring (bicyclic) bond motifs is 2. The highest BCUT2D eigenvalue weighted by molar-refractivity contribution is 7.99. The number of imidazole rings is 1. The summed E-state index contributed by atoms with van der Waals surface area (Å²) in [6, 6.07) is 12.6. The average molecular weight is 420 g/mol. The maximum atomic E-state index is 5.85. The van der Waals surface area contributed by atoms with E-state index in [4.69, 9.17) is 5.73 Å². The maximum Gasteiger partial charge on any atom is 0.165 e. The van der Waals surface area contributed by atoms with E-state index in [9.17, 15) is 0 Å². The molecular weight excluding hydrogens is 402 g/mol. The van der Waals surface area contributed by atoms with E-state index in [0.717, 1.165) is 39.6 Å². The number of thiophene rings is 1. The molecule has 7 nitrogen and oxygen atoms in total. The molecule has 0 spiro atoms. The lowest BCUT2D eigenvalue weighted by Crippen LogP contribution is -2.00. The fraction of sp³-hybridized carbons (Fsp3) is 0.150. The van der Waals surface area contributed by atoms with Crippen LogP contribution in [0.3, 0.4) is 0 Å². The number of thioether (sulfide) groups is 1. The minimum absolute atomic E-state index is 0.415. The second-order valence-electron chi connectivity index (χ2n) is 6.45. The first kappa shape index (κ1) is 18.0. The molecule has 0 amide bonds. The van der Waals surface area contributed by atoms with E-state index in [1.165, 1.54) is 16.8 Å². The van der Waals surface area contributed by atoms with E-state index in [1.807, 2.05) is 10.6 Å². The van der Waals surface area contributed by atoms with Crippen LogP contribution in [0.1, 0.15) is 6.42 Å². The molecule has 5 aromatic rings. The molecule has 144 valence electrons. The Hall–Kier alpha value is -3.04. The highest BCUT2D eigenvalue weighted by Gasteiger charge is 2.11. The fourth-order valence-corrected chi connectivity index (χ4v) is 5.13. The van der Waals surface area contributed by atoms with E-state index < -0.39 is 0 Å². The summed E-state index contributed by atoms with van der Waals surface area (Å²) in [6.07, 6.45) is 5.86. The Bertz CT molecular complexity index is 1280. The average Bonchev–Trinajstić information content (AvgIpc) is 3.37. The van der Waals surface area contributed by atoms with Gasteiger partial charge in [0.1, 0.15) is 28.0 Å². The number of hydrogen-bond donors (Lipinski definition) is 1. The summed E-state index contributed by atoms with van der Waals surface area (Å²) in [5.41, 5.74) is 8.49. The van der Waals surface area contributed by atoms with Crippen molar-refractivity contribution in [3.63, 3.8) is 0 Å². The highest BCUT2D eigenvalue weighted by atomic mass is 32.2. The highest BCUT2D eigenvalue weighted by Crippen LogP contribution is 2.36. The van der Waals surface area contributed by atoms with Crippen molar-refractivity contribution in [1.29, 1.82) is 0 Å². The minimum atomic E-state index is 0.415. The molecule has 0 aliphatic heterocycles. The summed E-state index contributed by atoms with van der Waals surface area (Å²) >= 11 is 3.45. The van der Waals surface area contributed by atoms with Gasteiger partial charge in [-0.1, -0.05) is 30.3 Å². The zero-order chi connectivity index (χ0) is 19.6. The second kappa shape index (κ2) is 7.76. The lowest BCUT2D eigenvalue weighted by atomic mass is 10.2. The van der Waals surface area contributed by atoms with E-state index in [-0.39, 0.29) is 0 Å². The summed E-state index contributed by atoms with van der Waals surface area (Å²) < 4.78 is 2.02. The van der Waals surface area contributed by atoms with E-state index >= 15 is 0 Å². The lowest BCUT2D eigenvalue weighted by molar-refractivity contribution is 0.696. The number of rotatable bonds is 6. The molecule has 4 aromatic heterocycles. The molecule has 0 saturated carbocycles. The standard InChI is InChI=1S/C20H17N7S2/c21-17-16-18(23-10-22-17)27(12-26-16)7-4-8-28-19-14-9-15(13-5-2-1-3-6-13)29-20(14)25-11-24-19/h1-3,5-6,9-12H,4,7-8H2,(H2,21,22,23). The van der Waals surface area contributed by atoms with E-state index in [0.29, 0.717) is 11.3 Å². The van der Waals surface area contributed by atoms with Crippen LogP contribution < -0.4 is 5.73 Å². The predicted molar refractivity (Wildman–Crippen MR) is 118 cm³/mol. The van der Waals surface area contributed by atoms with Crippen LogP contribution in [0.25, 0.3) is 31.8 Å². The van der Waals surface area contributed by atoms with Gasteiger partial charge in [-0.2, -0.15) is 0 Å². The van der Waals surface area contributed by atoms with Crippen LogP contribution in [0, 0.1) is 0 Å². The first-order chi connectivity index (χ1) is 14.3. The van der Waals surface area contributed by atoms with Crippen LogP contribution in [0.15, 0.2) is 60.4 Å². The van der Waals surface area contributed by atoms with Crippen LogP contribution in [0.4, 0.5) is 5.82 Å². The van der Waals surface area contributed by atoms with Gasteiger partial charge in [0.05, 0.1) is 6.33 Å². The molecular formula is C20H17N7S2. The Balaban J connectivity index is 1.29. The number of aromatic nitrogens is 6. The number of benzene rings is 1. The summed E-state index contributed by atoms with van der Waals surface area (Å²) in [7, 11) is 0. The van der Waals surface area contributed by atoms with Crippen LogP contribution in [-0.4, -0.2) is 35.2 Å². The first-order valence-electron chi connectivity index (χ1n) is 9.13. The van der Waals surface area contributed by atoms with Gasteiger partial charge in [0.25, 0.3) is 0 Å². The van der Waals surface area contributed by atoms with Gasteiger partial charge in [0, 0.05) is 22.6 Å². The number of aryl methyl sites for hydroxylation is 1. The molecule has 2 N–H and O–H groups in total. The molecule has 4 heterocycles. The summed E-state index contributed by atoms with van der Waals surface area (Å²) in [4.78, 5) is 23.8. The van der Waals surface area contributed by atoms with Crippen molar-refractivity contribution < 1.29 is 0 Å². The topological polar surface area (TPSA) is 95.4 Å². The third-order valence-electron chi connectivity index (χ3n) is 4.56. The number of nitrogen functional groups attached to an aromatic ring is 1. The monoisotopic (exact) mass is 419 g/mol. The molecule has 0 fully saturated rings. The van der Waals surface area contributed by atoms with Crippen molar-refractivity contribution in [3.05, 3.63) is 55.4 Å². The van der Waals surface area contributed by atoms with Crippen LogP contribution in [-0.2, 0) is 6.54 Å². The molecule has 0 unspecified atom stereocenters. The molecule has 1 aromatic carbocycles. The van der Waals surface area contributed by atoms with Gasteiger partial charge in [-0.3, -0.25) is 0 Å². The van der Waals surface area contributed by atoms with Crippen molar-refractivity contribution in [3.8, 4) is 10.4 Å². The Morgan fingerprint density at radius 1 is 1.00 bits per heavy atom. The van der Waals surface area contributed by atoms with Gasteiger partial charge in [-0.15, -0.1) is 23.1 Å². The van der Waals surface area contributed by atoms with Crippen molar-refractivity contribution in [1.82, 2.24) is 29.5 Å². The summed E-state index contributed by atoms with van der Waals surface area (Å²) in [5, 5.41) is 2.14. The number of nitrogens with two attached hydrogens (primary N) is 1. The van der Waals surface area contributed by atoms with Crippen molar-refractivity contribution in [2.75, 3.05) is 11.5 Å². The van der Waals surface area contributed by atoms with Gasteiger partial charge >= 0.3 is 0 Å². The van der Waals surface area contributed by atoms with Gasteiger partial charge < -0.3 is 10.3 Å². The number of nitrogens with zero attached hydrogens (tertiary/aromatic N) is 6. The Morgan fingerprint density at radius 2 is 1.86 bits per heavy atom. The Morgan fingerprint density at radius 3 is 2.76 bits per heavy atom. The second-order valence-corrected chi connectivity index (χ2v) is 8.56. The summed E-state index contributed by atoms with van der Waals surface area (Å²) in [6.45, 7) is 0.813. The third-order valence-corrected chi connectivity index (χ3v) is 6.75. The van der Waals surface area contributed by atoms with E-state index in [1.54, 1.807) is 35.8 Å². The summed E-state index contributed by atoms with van der Waals surface area (Å²) in [5.74, 6) is 1.35. The molecule has 9 heteroatoms. The van der Waals surface area contributed by atoms with Crippen LogP contribution in [0.5, 0.6) is 0 Å². The molecule has 0 atom stereocenters. The molecule has 5 rings (SSSR count). The molecule has 0 bridgehead atoms. The zero-order valence-electron chi connectivity index (χ0n) is 15.4. The molecule has 0 aliphatic carbocycles. The van der Waals surface area contributed by atoms with Crippen molar-refractivity contribution in [2.45, 2.75) is 18.0 Å². The van der Waals surface area contributed by atoms with Gasteiger partial charge in [0.15, 0.2) is 11.5 Å². The smallest absolute Gasteiger partial charge is 0.165 e. The Kier molecular flexibility index (Phi) is 4.82. The predicted octanol–water partition coefficient (Wildman–Crippen LogP) is 4.26. The van der Waals surface area contributed by atoms with Crippen molar-refractivity contribution in [2.24, 2.45) is 0 Å². The number of anilines is 1. The van der Waals surface area contributed by atoms with Crippen molar-refractivity contribution >= 4 is 50.3 Å². The van der Waals surface area contributed by atoms with Gasteiger partial charge in [-0.05, 0) is 18.1 Å². The molecule has 29 heavy (non-hydrogen) atoms. The Labute approximate surface area is 175 Å². The number of hydrogen-bond acceptors (Lipinski definition) is 8. The molecule has 0 aliphatic rings. The normalized spacial score (nSPS) is 11.4. The minimum Gasteiger partial charge on any atom is -0.382 e. The van der Waals surface area contributed by atoms with E-state index in [2.05, 4.69) is 55.3 Å². The first-order valence-corrected chi connectivity index (χ1v) is 10.9. The van der Waals surface area contributed by atoms with Gasteiger partial charge in [0.2, 0.25) is 0 Å². The molecule has 0 saturated heterocycles. The largest absolute Gasteiger partial charge is 0.382 e. The third kappa shape index (κ3) is 3.54. The quantitative estimate of drug-likeness (QED) is 0.249. The van der Waals surface area contributed by atoms with Crippen LogP contribution in [0.2, 0.25) is 0 Å². The maximum absolute atomic E-state index is 5.85. The molecule has 0 radical (unpaired) electrons. The van der Waals surface area contributed by atoms with Gasteiger partial charge in [-0.25, -0.2) is 24.9 Å². The van der Waals surface area contributed by atoms with Crippen LogP contribution >= 0.6 is 23.1 Å².